The lowest BCUT2D eigenvalue weighted by Gasteiger charge is -2.25. The first-order chi connectivity index (χ1) is 7.75. The minimum absolute atomic E-state index is 0.0275. The van der Waals surface area contributed by atoms with E-state index in [1.54, 1.807) is 0 Å². The Morgan fingerprint density at radius 3 is 3.06 bits per heavy atom. The van der Waals surface area contributed by atoms with Crippen LogP contribution in [0.3, 0.4) is 0 Å². The van der Waals surface area contributed by atoms with Crippen molar-refractivity contribution in [1.29, 1.82) is 0 Å². The fraction of sp³-hybridized carbons (Fsp3) is 0.538. The fourth-order valence-electron chi connectivity index (χ4n) is 2.51. The molecule has 86 valence electrons. The van der Waals surface area contributed by atoms with E-state index in [9.17, 15) is 0 Å². The van der Waals surface area contributed by atoms with E-state index in [2.05, 4.69) is 35.8 Å². The summed E-state index contributed by atoms with van der Waals surface area (Å²) in [6.45, 7) is 5.24. The van der Waals surface area contributed by atoms with E-state index in [-0.39, 0.29) is 5.60 Å². The SMILES string of the molecule is CC1(Oc2ccc3c(c2)CCN3)CCNC1. The number of fused-ring (bicyclic) bond motifs is 1. The predicted octanol–water partition coefficient (Wildman–Crippen LogP) is 1.79. The molecule has 2 N–H and O–H groups in total. The second kappa shape index (κ2) is 3.67. The summed E-state index contributed by atoms with van der Waals surface area (Å²) in [6.07, 6.45) is 2.20. The Kier molecular flexibility index (Phi) is 2.28. The zero-order valence-electron chi connectivity index (χ0n) is 9.68. The molecule has 0 spiro atoms. The van der Waals surface area contributed by atoms with Gasteiger partial charge in [0.1, 0.15) is 11.4 Å². The van der Waals surface area contributed by atoms with Gasteiger partial charge in [-0.3, -0.25) is 0 Å². The van der Waals surface area contributed by atoms with Crippen LogP contribution < -0.4 is 15.4 Å². The third kappa shape index (κ3) is 1.76. The van der Waals surface area contributed by atoms with Crippen LogP contribution >= 0.6 is 0 Å². The third-order valence-corrected chi connectivity index (χ3v) is 3.48. The molecule has 16 heavy (non-hydrogen) atoms. The molecule has 0 saturated carbocycles. The van der Waals surface area contributed by atoms with Gasteiger partial charge in [0.2, 0.25) is 0 Å². The summed E-state index contributed by atoms with van der Waals surface area (Å²) < 4.78 is 6.10. The lowest BCUT2D eigenvalue weighted by atomic mass is 10.1. The molecule has 3 rings (SSSR count). The molecule has 0 radical (unpaired) electrons. The largest absolute Gasteiger partial charge is 0.486 e. The molecular weight excluding hydrogens is 200 g/mol. The van der Waals surface area contributed by atoms with Crippen LogP contribution in [0.4, 0.5) is 5.69 Å². The van der Waals surface area contributed by atoms with Gasteiger partial charge >= 0.3 is 0 Å². The van der Waals surface area contributed by atoms with Crippen molar-refractivity contribution in [1.82, 2.24) is 5.32 Å². The second-order valence-electron chi connectivity index (χ2n) is 4.97. The van der Waals surface area contributed by atoms with Gasteiger partial charge < -0.3 is 15.4 Å². The zero-order valence-corrected chi connectivity index (χ0v) is 9.68. The summed E-state index contributed by atoms with van der Waals surface area (Å²) in [7, 11) is 0. The topological polar surface area (TPSA) is 33.3 Å². The van der Waals surface area contributed by atoms with Crippen LogP contribution in [0.15, 0.2) is 18.2 Å². The summed E-state index contributed by atoms with van der Waals surface area (Å²) in [5, 5.41) is 6.71. The van der Waals surface area contributed by atoms with Crippen molar-refractivity contribution in [3.63, 3.8) is 0 Å². The van der Waals surface area contributed by atoms with E-state index in [1.807, 2.05) is 0 Å². The molecule has 1 unspecified atom stereocenters. The third-order valence-electron chi connectivity index (χ3n) is 3.48. The minimum atomic E-state index is -0.0275. The van der Waals surface area contributed by atoms with Crippen LogP contribution in [0.1, 0.15) is 18.9 Å². The average molecular weight is 218 g/mol. The highest BCUT2D eigenvalue weighted by atomic mass is 16.5. The van der Waals surface area contributed by atoms with E-state index in [1.165, 1.54) is 11.3 Å². The molecule has 0 aromatic heterocycles. The molecule has 1 aromatic carbocycles. The van der Waals surface area contributed by atoms with E-state index in [0.717, 1.165) is 38.2 Å². The molecule has 3 heteroatoms. The smallest absolute Gasteiger partial charge is 0.120 e. The number of hydrogen-bond donors (Lipinski definition) is 2. The van der Waals surface area contributed by atoms with Gasteiger partial charge in [-0.1, -0.05) is 0 Å². The van der Waals surface area contributed by atoms with Gasteiger partial charge in [-0.2, -0.15) is 0 Å². The molecule has 0 bridgehead atoms. The zero-order chi connectivity index (χ0) is 11.0. The quantitative estimate of drug-likeness (QED) is 0.794. The number of ether oxygens (including phenoxy) is 1. The van der Waals surface area contributed by atoms with E-state index in [0.29, 0.717) is 0 Å². The maximum absolute atomic E-state index is 6.10. The molecule has 2 heterocycles. The summed E-state index contributed by atoms with van der Waals surface area (Å²) in [6, 6.07) is 6.38. The maximum atomic E-state index is 6.10. The highest BCUT2D eigenvalue weighted by Gasteiger charge is 2.30. The van der Waals surface area contributed by atoms with Gasteiger partial charge in [0, 0.05) is 25.2 Å². The Labute approximate surface area is 96.2 Å². The summed E-state index contributed by atoms with van der Waals surface area (Å²) in [5.74, 6) is 1.01. The number of rotatable bonds is 2. The molecule has 2 aliphatic heterocycles. The summed E-state index contributed by atoms with van der Waals surface area (Å²) in [5.41, 5.74) is 2.62. The monoisotopic (exact) mass is 218 g/mol. The second-order valence-corrected chi connectivity index (χ2v) is 4.97. The van der Waals surface area contributed by atoms with Crippen LogP contribution in [0.25, 0.3) is 0 Å². The molecule has 2 aliphatic rings. The molecule has 1 saturated heterocycles. The van der Waals surface area contributed by atoms with Crippen LogP contribution in [-0.4, -0.2) is 25.2 Å². The molecule has 1 atom stereocenters. The summed E-state index contributed by atoms with van der Waals surface area (Å²) >= 11 is 0. The maximum Gasteiger partial charge on any atom is 0.120 e. The van der Waals surface area contributed by atoms with Crippen molar-refractivity contribution < 1.29 is 4.74 Å². The van der Waals surface area contributed by atoms with Crippen LogP contribution in [-0.2, 0) is 6.42 Å². The molecule has 3 nitrogen and oxygen atoms in total. The van der Waals surface area contributed by atoms with E-state index >= 15 is 0 Å². The van der Waals surface area contributed by atoms with E-state index in [4.69, 9.17) is 4.74 Å². The highest BCUT2D eigenvalue weighted by Crippen LogP contribution is 2.30. The molecule has 1 aromatic rings. The van der Waals surface area contributed by atoms with Crippen molar-refractivity contribution in [3.05, 3.63) is 23.8 Å². The van der Waals surface area contributed by atoms with Crippen LogP contribution in [0, 0.1) is 0 Å². The minimum Gasteiger partial charge on any atom is -0.486 e. The number of benzene rings is 1. The average Bonchev–Trinajstić information content (AvgIpc) is 2.86. The number of nitrogens with one attached hydrogen (secondary N) is 2. The lowest BCUT2D eigenvalue weighted by Crippen LogP contribution is -2.34. The van der Waals surface area contributed by atoms with Gasteiger partial charge in [0.05, 0.1) is 0 Å². The van der Waals surface area contributed by atoms with Crippen molar-refractivity contribution in [2.75, 3.05) is 25.0 Å². The number of hydrogen-bond acceptors (Lipinski definition) is 3. The predicted molar refractivity (Wildman–Crippen MR) is 65.2 cm³/mol. The van der Waals surface area contributed by atoms with Gasteiger partial charge in [-0.25, -0.2) is 0 Å². The normalized spacial score (nSPS) is 27.6. The van der Waals surface area contributed by atoms with Gasteiger partial charge in [0.15, 0.2) is 0 Å². The van der Waals surface area contributed by atoms with Gasteiger partial charge in [-0.15, -0.1) is 0 Å². The fourth-order valence-corrected chi connectivity index (χ4v) is 2.51. The van der Waals surface area contributed by atoms with Crippen LogP contribution in [0.2, 0.25) is 0 Å². The molecular formula is C13H18N2O. The molecule has 0 amide bonds. The van der Waals surface area contributed by atoms with E-state index < -0.39 is 0 Å². The first kappa shape index (κ1) is 9.97. The molecule has 0 aliphatic carbocycles. The Morgan fingerprint density at radius 2 is 2.25 bits per heavy atom. The Bertz CT molecular complexity index is 397. The standard InChI is InChI=1S/C13H18N2O/c1-13(5-7-14-9-13)16-11-2-3-12-10(8-11)4-6-15-12/h2-3,8,14-15H,4-7,9H2,1H3. The summed E-state index contributed by atoms with van der Waals surface area (Å²) in [4.78, 5) is 0. The Hall–Kier alpha value is -1.22. The van der Waals surface area contributed by atoms with Crippen LogP contribution in [0.5, 0.6) is 5.75 Å². The lowest BCUT2D eigenvalue weighted by molar-refractivity contribution is 0.111. The first-order valence-corrected chi connectivity index (χ1v) is 6.02. The first-order valence-electron chi connectivity index (χ1n) is 6.02. The molecule has 1 fully saturated rings. The van der Waals surface area contributed by atoms with Gasteiger partial charge in [-0.05, 0) is 43.7 Å². The van der Waals surface area contributed by atoms with Gasteiger partial charge in [0.25, 0.3) is 0 Å². The van der Waals surface area contributed by atoms with Crippen molar-refractivity contribution in [2.45, 2.75) is 25.4 Å². The number of anilines is 1. The van der Waals surface area contributed by atoms with Crippen molar-refractivity contribution in [3.8, 4) is 5.75 Å². The van der Waals surface area contributed by atoms with Crippen molar-refractivity contribution >= 4 is 5.69 Å². The Balaban J connectivity index is 1.80. The van der Waals surface area contributed by atoms with Crippen molar-refractivity contribution in [2.24, 2.45) is 0 Å². The Morgan fingerprint density at radius 1 is 1.31 bits per heavy atom. The highest BCUT2D eigenvalue weighted by molar-refractivity contribution is 5.57.